The summed E-state index contributed by atoms with van der Waals surface area (Å²) in [6.07, 6.45) is -4.76. The molecular formula is C7H12F3NOSi. The van der Waals surface area contributed by atoms with Crippen LogP contribution >= 0.6 is 0 Å². The number of carbonyl (C=O) groups excluding carboxylic acids is 1. The highest BCUT2D eigenvalue weighted by Crippen LogP contribution is 2.24. The van der Waals surface area contributed by atoms with Crippen molar-refractivity contribution >= 4 is 15.6 Å². The number of nitrogens with zero attached hydrogens (tertiary/aromatic N) is 1. The Morgan fingerprint density at radius 2 is 1.62 bits per heavy atom. The van der Waals surface area contributed by atoms with Gasteiger partial charge in [-0.1, -0.05) is 20.8 Å². The van der Waals surface area contributed by atoms with Crippen LogP contribution in [0.15, 0.2) is 0 Å². The smallest absolute Gasteiger partial charge is 0.364 e. The highest BCUT2D eigenvalue weighted by molar-refractivity contribution is 6.40. The Kier molecular flexibility index (Phi) is 3.54. The number of rotatable bonds is 1. The van der Waals surface area contributed by atoms with E-state index in [4.69, 9.17) is 0 Å². The molecule has 6 heteroatoms. The first kappa shape index (κ1) is 12.5. The Labute approximate surface area is 78.0 Å². The van der Waals surface area contributed by atoms with Crippen LogP contribution in [0.5, 0.6) is 0 Å². The molecule has 0 bridgehead atoms. The molecule has 0 saturated carbocycles. The Bertz CT molecular complexity index is 197. The van der Waals surface area contributed by atoms with Crippen molar-refractivity contribution in [2.45, 2.75) is 32.0 Å². The van der Waals surface area contributed by atoms with Crippen LogP contribution in [0.4, 0.5) is 13.2 Å². The second-order valence-corrected chi connectivity index (χ2v) is 6.12. The largest absolute Gasteiger partial charge is 0.470 e. The van der Waals surface area contributed by atoms with E-state index in [1.165, 1.54) is 7.05 Å². The molecule has 0 atom stereocenters. The SMILES string of the molecule is CN([Si]C(C)(C)C)C(=O)C(F)(F)F. The van der Waals surface area contributed by atoms with Crippen LogP contribution in [0.1, 0.15) is 20.8 Å². The maximum Gasteiger partial charge on any atom is 0.470 e. The lowest BCUT2D eigenvalue weighted by atomic mass is 10.3. The lowest BCUT2D eigenvalue weighted by Gasteiger charge is -2.25. The fraction of sp³-hybridized carbons (Fsp3) is 0.857. The zero-order valence-electron chi connectivity index (χ0n) is 7.99. The Morgan fingerprint density at radius 3 is 1.85 bits per heavy atom. The van der Waals surface area contributed by atoms with Crippen molar-refractivity contribution in [1.82, 2.24) is 4.57 Å². The molecule has 0 aliphatic rings. The Balaban J connectivity index is 4.30. The fourth-order valence-corrected chi connectivity index (χ4v) is 1.98. The van der Waals surface area contributed by atoms with Crippen LogP contribution in [0.2, 0.25) is 5.04 Å². The molecular weight excluding hydrogens is 199 g/mol. The van der Waals surface area contributed by atoms with Crippen LogP contribution in [-0.4, -0.2) is 33.4 Å². The number of hydrogen-bond acceptors (Lipinski definition) is 1. The normalized spacial score (nSPS) is 12.8. The molecule has 0 N–H and O–H groups in total. The van der Waals surface area contributed by atoms with E-state index in [1.807, 2.05) is 0 Å². The highest BCUT2D eigenvalue weighted by Gasteiger charge is 2.41. The Morgan fingerprint density at radius 1 is 1.23 bits per heavy atom. The monoisotopic (exact) mass is 211 g/mol. The average Bonchev–Trinajstić information content (AvgIpc) is 1.79. The number of alkyl halides is 3. The minimum Gasteiger partial charge on any atom is -0.364 e. The molecule has 0 aromatic heterocycles. The van der Waals surface area contributed by atoms with Crippen molar-refractivity contribution in [3.05, 3.63) is 0 Å². The molecule has 0 aliphatic carbocycles. The number of carbonyl (C=O) groups is 1. The molecule has 1 amide bonds. The number of amides is 1. The van der Waals surface area contributed by atoms with Gasteiger partial charge in [0.25, 0.3) is 0 Å². The summed E-state index contributed by atoms with van der Waals surface area (Å²) in [6.45, 7) is 5.35. The molecule has 2 radical (unpaired) electrons. The van der Waals surface area contributed by atoms with Gasteiger partial charge in [-0.2, -0.15) is 13.2 Å². The summed E-state index contributed by atoms with van der Waals surface area (Å²) >= 11 is 0. The van der Waals surface area contributed by atoms with Gasteiger partial charge in [-0.05, 0) is 5.04 Å². The lowest BCUT2D eigenvalue weighted by Crippen LogP contribution is -2.43. The summed E-state index contributed by atoms with van der Waals surface area (Å²) in [5.74, 6) is -1.78. The first-order valence-electron chi connectivity index (χ1n) is 3.67. The first-order chi connectivity index (χ1) is 5.54. The van der Waals surface area contributed by atoms with Crippen molar-refractivity contribution in [1.29, 1.82) is 0 Å². The van der Waals surface area contributed by atoms with Crippen LogP contribution < -0.4 is 0 Å². The van der Waals surface area contributed by atoms with Gasteiger partial charge in [0.05, 0.1) is 0 Å². The zero-order chi connectivity index (χ0) is 10.9. The van der Waals surface area contributed by atoms with E-state index >= 15 is 0 Å². The molecule has 76 valence electrons. The summed E-state index contributed by atoms with van der Waals surface area (Å²) in [4.78, 5) is 10.7. The topological polar surface area (TPSA) is 20.3 Å². The van der Waals surface area contributed by atoms with E-state index in [0.717, 1.165) is 4.57 Å². The van der Waals surface area contributed by atoms with Gasteiger partial charge in [0.1, 0.15) is 0 Å². The molecule has 0 aromatic carbocycles. The second-order valence-electron chi connectivity index (χ2n) is 3.72. The molecule has 0 aliphatic heterocycles. The van der Waals surface area contributed by atoms with Crippen LogP contribution in [0.25, 0.3) is 0 Å². The minimum atomic E-state index is -4.76. The van der Waals surface area contributed by atoms with Gasteiger partial charge < -0.3 is 4.57 Å². The van der Waals surface area contributed by atoms with Gasteiger partial charge in [0.2, 0.25) is 0 Å². The van der Waals surface area contributed by atoms with E-state index in [9.17, 15) is 18.0 Å². The van der Waals surface area contributed by atoms with E-state index in [0.29, 0.717) is 0 Å². The average molecular weight is 211 g/mol. The van der Waals surface area contributed by atoms with Crippen molar-refractivity contribution in [2.24, 2.45) is 0 Å². The van der Waals surface area contributed by atoms with E-state index in [1.54, 1.807) is 20.8 Å². The van der Waals surface area contributed by atoms with Crippen molar-refractivity contribution in [3.63, 3.8) is 0 Å². The summed E-state index contributed by atoms with van der Waals surface area (Å²) in [6, 6.07) is 0. The molecule has 0 spiro atoms. The van der Waals surface area contributed by atoms with Crippen LogP contribution in [0.3, 0.4) is 0 Å². The highest BCUT2D eigenvalue weighted by atomic mass is 28.2. The van der Waals surface area contributed by atoms with Crippen LogP contribution in [-0.2, 0) is 4.79 Å². The quantitative estimate of drug-likeness (QED) is 0.606. The molecule has 0 fully saturated rings. The lowest BCUT2D eigenvalue weighted by molar-refractivity contribution is -0.179. The van der Waals surface area contributed by atoms with Crippen LogP contribution in [0, 0.1) is 0 Å². The summed E-state index contributed by atoms with van der Waals surface area (Å²) in [5.41, 5.74) is 0. The van der Waals surface area contributed by atoms with Crippen molar-refractivity contribution < 1.29 is 18.0 Å². The third kappa shape index (κ3) is 4.92. The van der Waals surface area contributed by atoms with E-state index < -0.39 is 12.1 Å². The van der Waals surface area contributed by atoms with E-state index in [2.05, 4.69) is 0 Å². The predicted molar refractivity (Wildman–Crippen MR) is 44.3 cm³/mol. The van der Waals surface area contributed by atoms with Crippen molar-refractivity contribution in [2.75, 3.05) is 7.05 Å². The molecule has 0 unspecified atom stereocenters. The molecule has 0 aromatic rings. The number of halogens is 3. The third-order valence-corrected chi connectivity index (χ3v) is 2.26. The molecule has 0 saturated heterocycles. The Hall–Kier alpha value is -0.523. The van der Waals surface area contributed by atoms with Gasteiger partial charge in [0.15, 0.2) is 9.68 Å². The van der Waals surface area contributed by atoms with E-state index in [-0.39, 0.29) is 14.7 Å². The van der Waals surface area contributed by atoms with Gasteiger partial charge in [-0.15, -0.1) is 0 Å². The second kappa shape index (κ2) is 3.69. The predicted octanol–water partition coefficient (Wildman–Crippen LogP) is 1.84. The summed E-state index contributed by atoms with van der Waals surface area (Å²) in [7, 11) is 0.999. The fourth-order valence-electron chi connectivity index (χ4n) is 0.744. The van der Waals surface area contributed by atoms with Gasteiger partial charge in [0, 0.05) is 7.05 Å². The van der Waals surface area contributed by atoms with Gasteiger partial charge in [-0.3, -0.25) is 4.79 Å². The number of hydrogen-bond donors (Lipinski definition) is 0. The molecule has 13 heavy (non-hydrogen) atoms. The van der Waals surface area contributed by atoms with Gasteiger partial charge in [-0.25, -0.2) is 0 Å². The summed E-state index contributed by atoms with van der Waals surface area (Å²) < 4.78 is 36.4. The maximum absolute atomic E-state index is 11.9. The molecule has 2 nitrogen and oxygen atoms in total. The molecule has 0 rings (SSSR count). The standard InChI is InChI=1S/C7H12F3NOSi/c1-6(2,3)13-11(4)5(12)7(8,9)10/h1-4H3. The van der Waals surface area contributed by atoms with Gasteiger partial charge >= 0.3 is 12.1 Å². The third-order valence-electron chi connectivity index (χ3n) is 1.05. The van der Waals surface area contributed by atoms with Crippen molar-refractivity contribution in [3.8, 4) is 0 Å². The minimum absolute atomic E-state index is 0.167. The zero-order valence-corrected chi connectivity index (χ0v) is 8.99. The maximum atomic E-state index is 11.9. The molecule has 0 heterocycles. The first-order valence-corrected chi connectivity index (χ1v) is 4.61. The summed E-state index contributed by atoms with van der Waals surface area (Å²) in [5, 5.41) is -0.296.